The number of aromatic nitrogens is 1. The Morgan fingerprint density at radius 1 is 1.30 bits per heavy atom. The van der Waals surface area contributed by atoms with Crippen molar-refractivity contribution in [2.75, 3.05) is 38.2 Å². The fourth-order valence-corrected chi connectivity index (χ4v) is 3.34. The van der Waals surface area contributed by atoms with Gasteiger partial charge < -0.3 is 25.0 Å². The molecule has 3 rings (SSSR count). The molecule has 1 aliphatic heterocycles. The number of guanidine groups is 1. The maximum atomic E-state index is 14.0. The van der Waals surface area contributed by atoms with Crippen molar-refractivity contribution in [3.8, 4) is 11.5 Å². The predicted octanol–water partition coefficient (Wildman–Crippen LogP) is 2.83. The van der Waals surface area contributed by atoms with Crippen LogP contribution in [0.25, 0.3) is 0 Å². The van der Waals surface area contributed by atoms with Crippen LogP contribution in [0.3, 0.4) is 0 Å². The summed E-state index contributed by atoms with van der Waals surface area (Å²) >= 11 is 0. The molecule has 0 spiro atoms. The number of benzene rings is 1. The summed E-state index contributed by atoms with van der Waals surface area (Å²) in [6, 6.07) is 10.7. The Bertz CT molecular complexity index is 831. The van der Waals surface area contributed by atoms with E-state index in [0.29, 0.717) is 18.9 Å². The lowest BCUT2D eigenvalue weighted by Gasteiger charge is -2.20. The van der Waals surface area contributed by atoms with Crippen molar-refractivity contribution in [1.29, 1.82) is 0 Å². The Hall–Kier alpha value is -3.03. The van der Waals surface area contributed by atoms with Crippen LogP contribution >= 0.6 is 0 Å². The Kier molecular flexibility index (Phi) is 7.70. The summed E-state index contributed by atoms with van der Waals surface area (Å²) in [6.07, 6.45) is 2.42. The van der Waals surface area contributed by atoms with Crippen LogP contribution in [0.5, 0.6) is 11.5 Å². The minimum absolute atomic E-state index is 0.0865. The number of aliphatic imine (C=N–C) groups is 1. The largest absolute Gasteiger partial charge is 0.497 e. The molecule has 0 aliphatic carbocycles. The molecule has 1 aromatic carbocycles. The Morgan fingerprint density at radius 3 is 2.77 bits per heavy atom. The van der Waals surface area contributed by atoms with Crippen LogP contribution in [0.15, 0.2) is 47.6 Å². The molecule has 7 nitrogen and oxygen atoms in total. The van der Waals surface area contributed by atoms with Crippen LogP contribution in [0.1, 0.15) is 20.3 Å². The minimum atomic E-state index is -0.289. The summed E-state index contributed by atoms with van der Waals surface area (Å²) in [5.41, 5.74) is 0. The third kappa shape index (κ3) is 5.98. The first-order valence-corrected chi connectivity index (χ1v) is 10.3. The number of nitrogens with one attached hydrogen (secondary N) is 2. The molecule has 2 atom stereocenters. The second-order valence-electron chi connectivity index (χ2n) is 7.21. The van der Waals surface area contributed by atoms with Crippen molar-refractivity contribution in [3.05, 3.63) is 48.4 Å². The van der Waals surface area contributed by atoms with Crippen molar-refractivity contribution in [2.45, 2.75) is 32.4 Å². The van der Waals surface area contributed by atoms with E-state index in [2.05, 4.69) is 20.6 Å². The number of hydrogen-bond donors (Lipinski definition) is 2. The summed E-state index contributed by atoms with van der Waals surface area (Å²) in [4.78, 5) is 10.8. The van der Waals surface area contributed by atoms with Crippen molar-refractivity contribution in [1.82, 2.24) is 15.6 Å². The molecule has 1 fully saturated rings. The highest BCUT2D eigenvalue weighted by molar-refractivity contribution is 5.80. The highest BCUT2D eigenvalue weighted by Gasteiger charge is 2.26. The summed E-state index contributed by atoms with van der Waals surface area (Å²) in [5, 5.41) is 6.71. The number of methoxy groups -OCH3 is 1. The van der Waals surface area contributed by atoms with E-state index in [9.17, 15) is 4.39 Å². The zero-order chi connectivity index (χ0) is 21.3. The number of rotatable bonds is 8. The molecule has 1 aliphatic rings. The quantitative estimate of drug-likeness (QED) is 0.510. The zero-order valence-electron chi connectivity index (χ0n) is 17.8. The highest BCUT2D eigenvalue weighted by atomic mass is 19.1. The molecule has 0 saturated carbocycles. The van der Waals surface area contributed by atoms with Crippen LogP contribution in [-0.4, -0.2) is 56.4 Å². The molecule has 0 amide bonds. The van der Waals surface area contributed by atoms with Crippen molar-refractivity contribution >= 4 is 11.8 Å². The van der Waals surface area contributed by atoms with Gasteiger partial charge in [0.25, 0.3) is 0 Å². The summed E-state index contributed by atoms with van der Waals surface area (Å²) in [5.74, 6) is 2.42. The number of pyridine rings is 1. The average Bonchev–Trinajstić information content (AvgIpc) is 3.21. The first-order chi connectivity index (χ1) is 14.6. The Labute approximate surface area is 177 Å². The number of hydrogen-bond acceptors (Lipinski definition) is 5. The van der Waals surface area contributed by atoms with Crippen LogP contribution in [0.2, 0.25) is 0 Å². The number of ether oxygens (including phenoxy) is 2. The summed E-state index contributed by atoms with van der Waals surface area (Å²) < 4.78 is 25.1. The molecule has 2 heterocycles. The van der Waals surface area contributed by atoms with Gasteiger partial charge in [0.2, 0.25) is 0 Å². The van der Waals surface area contributed by atoms with Gasteiger partial charge >= 0.3 is 0 Å². The predicted molar refractivity (Wildman–Crippen MR) is 117 cm³/mol. The lowest BCUT2D eigenvalue weighted by atomic mass is 10.3. The normalized spacial score (nSPS) is 17.5. The van der Waals surface area contributed by atoms with Gasteiger partial charge in [-0.15, -0.1) is 0 Å². The fraction of sp³-hybridized carbons (Fsp3) is 0.455. The summed E-state index contributed by atoms with van der Waals surface area (Å²) in [7, 11) is 1.64. The fourth-order valence-electron chi connectivity index (χ4n) is 3.34. The lowest BCUT2D eigenvalue weighted by molar-refractivity contribution is 0.230. The molecule has 2 unspecified atom stereocenters. The van der Waals surface area contributed by atoms with Gasteiger partial charge in [0.15, 0.2) is 17.6 Å². The van der Waals surface area contributed by atoms with Gasteiger partial charge in [-0.3, -0.25) is 0 Å². The molecule has 162 valence electrons. The third-order valence-electron chi connectivity index (χ3n) is 4.82. The molecule has 1 aromatic heterocycles. The summed E-state index contributed by atoms with van der Waals surface area (Å²) in [6.45, 7) is 6.70. The van der Waals surface area contributed by atoms with Gasteiger partial charge in [-0.25, -0.2) is 14.4 Å². The monoisotopic (exact) mass is 415 g/mol. The SMILES string of the molecule is CCNC(=NCC(C)Oc1ccc(OC)cc1)NC1CCN(c2ncccc2F)C1. The van der Waals surface area contributed by atoms with Gasteiger partial charge in [0.1, 0.15) is 17.6 Å². The second kappa shape index (κ2) is 10.7. The smallest absolute Gasteiger partial charge is 0.191 e. The molecule has 0 radical (unpaired) electrons. The molecule has 8 heteroatoms. The van der Waals surface area contributed by atoms with Gasteiger partial charge in [-0.1, -0.05) is 0 Å². The standard InChI is InChI=1S/C22H30FN5O2/c1-4-24-22(26-14-16(2)30-19-9-7-18(29-3)8-10-19)27-17-11-13-28(15-17)21-20(23)6-5-12-25-21/h5-10,12,16-17H,4,11,13-15H2,1-3H3,(H2,24,26,27). The van der Waals surface area contributed by atoms with Crippen LogP contribution in [-0.2, 0) is 0 Å². The van der Waals surface area contributed by atoms with Gasteiger partial charge in [-0.05, 0) is 56.7 Å². The molecule has 2 aromatic rings. The maximum Gasteiger partial charge on any atom is 0.191 e. The zero-order valence-corrected chi connectivity index (χ0v) is 17.8. The van der Waals surface area contributed by atoms with Crippen molar-refractivity contribution in [2.24, 2.45) is 4.99 Å². The van der Waals surface area contributed by atoms with E-state index in [0.717, 1.165) is 37.0 Å². The van der Waals surface area contributed by atoms with E-state index in [1.54, 1.807) is 19.4 Å². The molecule has 1 saturated heterocycles. The first kappa shape index (κ1) is 21.7. The van der Waals surface area contributed by atoms with Crippen molar-refractivity contribution in [3.63, 3.8) is 0 Å². The second-order valence-corrected chi connectivity index (χ2v) is 7.21. The third-order valence-corrected chi connectivity index (χ3v) is 4.82. The van der Waals surface area contributed by atoms with Gasteiger partial charge in [-0.2, -0.15) is 0 Å². The number of halogens is 1. The first-order valence-electron chi connectivity index (χ1n) is 10.3. The van der Waals surface area contributed by atoms with E-state index in [4.69, 9.17) is 9.47 Å². The van der Waals surface area contributed by atoms with Crippen molar-refractivity contribution < 1.29 is 13.9 Å². The van der Waals surface area contributed by atoms with Gasteiger partial charge in [0, 0.05) is 31.9 Å². The molecule has 2 N–H and O–H groups in total. The Balaban J connectivity index is 1.53. The maximum absolute atomic E-state index is 14.0. The van der Waals surface area contributed by atoms with E-state index in [1.165, 1.54) is 6.07 Å². The van der Waals surface area contributed by atoms with E-state index in [-0.39, 0.29) is 18.0 Å². The van der Waals surface area contributed by atoms with E-state index < -0.39 is 0 Å². The topological polar surface area (TPSA) is 71.0 Å². The highest BCUT2D eigenvalue weighted by Crippen LogP contribution is 2.21. The van der Waals surface area contributed by atoms with Crippen LogP contribution in [0.4, 0.5) is 10.2 Å². The molecule has 0 bridgehead atoms. The minimum Gasteiger partial charge on any atom is -0.497 e. The van der Waals surface area contributed by atoms with Gasteiger partial charge in [0.05, 0.1) is 13.7 Å². The lowest BCUT2D eigenvalue weighted by Crippen LogP contribution is -2.45. The Morgan fingerprint density at radius 2 is 2.07 bits per heavy atom. The average molecular weight is 416 g/mol. The van der Waals surface area contributed by atoms with Crippen LogP contribution in [0, 0.1) is 5.82 Å². The van der Waals surface area contributed by atoms with E-state index in [1.807, 2.05) is 43.0 Å². The molecular weight excluding hydrogens is 385 g/mol. The molecule has 30 heavy (non-hydrogen) atoms. The van der Waals surface area contributed by atoms with E-state index >= 15 is 0 Å². The number of anilines is 1. The number of nitrogens with zero attached hydrogens (tertiary/aromatic N) is 3. The molecular formula is C22H30FN5O2. The van der Waals surface area contributed by atoms with Crippen LogP contribution < -0.4 is 25.0 Å².